The Bertz CT molecular complexity index is 694. The van der Waals surface area contributed by atoms with Crippen molar-refractivity contribution in [3.63, 3.8) is 0 Å². The lowest BCUT2D eigenvalue weighted by Gasteiger charge is -2.35. The number of hydrogen-bond acceptors (Lipinski definition) is 4. The molecule has 0 radical (unpaired) electrons. The molecule has 1 saturated carbocycles. The molecule has 7 heteroatoms. The topological polar surface area (TPSA) is 69.7 Å². The van der Waals surface area contributed by atoms with Gasteiger partial charge in [-0.1, -0.05) is 31.0 Å². The van der Waals surface area contributed by atoms with E-state index in [1.165, 1.54) is 12.8 Å². The number of amides is 1. The third kappa shape index (κ3) is 5.94. The summed E-state index contributed by atoms with van der Waals surface area (Å²) in [4.78, 5) is 14.1. The maximum absolute atomic E-state index is 12.5. The first-order valence-corrected chi connectivity index (χ1v) is 11.7. The van der Waals surface area contributed by atoms with Crippen LogP contribution in [0.25, 0.3) is 0 Å². The fraction of sp³-hybridized carbons (Fsp3) is 0.650. The number of para-hydroxylation sites is 1. The van der Waals surface area contributed by atoms with Crippen LogP contribution in [0.4, 0.5) is 5.69 Å². The fourth-order valence-electron chi connectivity index (χ4n) is 4.02. The molecule has 1 heterocycles. The zero-order chi connectivity index (χ0) is 19.1. The second-order valence-electron chi connectivity index (χ2n) is 7.60. The van der Waals surface area contributed by atoms with E-state index in [1.54, 1.807) is 4.31 Å². The molecule has 1 aliphatic heterocycles. The van der Waals surface area contributed by atoms with Crippen molar-refractivity contribution in [2.45, 2.75) is 38.5 Å². The fourth-order valence-corrected chi connectivity index (χ4v) is 5.51. The number of nitrogens with zero attached hydrogens (tertiary/aromatic N) is 2. The molecule has 0 aromatic heterocycles. The minimum absolute atomic E-state index is 0.0655. The van der Waals surface area contributed by atoms with Crippen molar-refractivity contribution in [2.75, 3.05) is 43.4 Å². The monoisotopic (exact) mass is 393 g/mol. The summed E-state index contributed by atoms with van der Waals surface area (Å²) in [6.45, 7) is 2.90. The maximum Gasteiger partial charge on any atom is 0.220 e. The van der Waals surface area contributed by atoms with Gasteiger partial charge in [0.05, 0.1) is 5.75 Å². The number of benzene rings is 1. The van der Waals surface area contributed by atoms with Gasteiger partial charge in [0.1, 0.15) is 0 Å². The highest BCUT2D eigenvalue weighted by Gasteiger charge is 2.26. The van der Waals surface area contributed by atoms with Crippen molar-refractivity contribution in [3.8, 4) is 0 Å². The number of hydrogen-bond donors (Lipinski definition) is 1. The first-order valence-electron chi connectivity index (χ1n) is 10.1. The zero-order valence-corrected chi connectivity index (χ0v) is 16.8. The minimum Gasteiger partial charge on any atom is -0.369 e. The van der Waals surface area contributed by atoms with Gasteiger partial charge in [-0.2, -0.15) is 4.31 Å². The highest BCUT2D eigenvalue weighted by Crippen LogP contribution is 2.27. The molecule has 0 bridgehead atoms. The average Bonchev–Trinajstić information content (AvgIpc) is 3.19. The van der Waals surface area contributed by atoms with Gasteiger partial charge in [-0.15, -0.1) is 0 Å². The van der Waals surface area contributed by atoms with Crippen LogP contribution in [0, 0.1) is 5.92 Å². The van der Waals surface area contributed by atoms with Crippen molar-refractivity contribution >= 4 is 21.6 Å². The molecule has 1 amide bonds. The molecular weight excluding hydrogens is 362 g/mol. The normalized spacial score (nSPS) is 19.3. The molecule has 1 N–H and O–H groups in total. The predicted octanol–water partition coefficient (Wildman–Crippen LogP) is 2.22. The molecule has 27 heavy (non-hydrogen) atoms. The highest BCUT2D eigenvalue weighted by molar-refractivity contribution is 7.89. The molecule has 3 rings (SSSR count). The number of anilines is 1. The van der Waals surface area contributed by atoms with Crippen LogP contribution in [0.3, 0.4) is 0 Å². The van der Waals surface area contributed by atoms with Crippen LogP contribution in [-0.2, 0) is 14.8 Å². The summed E-state index contributed by atoms with van der Waals surface area (Å²) in [5.41, 5.74) is 1.14. The lowest BCUT2D eigenvalue weighted by Crippen LogP contribution is -2.49. The van der Waals surface area contributed by atoms with Gasteiger partial charge in [0, 0.05) is 44.8 Å². The molecule has 0 spiro atoms. The van der Waals surface area contributed by atoms with Gasteiger partial charge in [0.2, 0.25) is 15.9 Å². The number of nitrogens with one attached hydrogen (secondary N) is 1. The molecular formula is C20H31N3O3S. The summed E-state index contributed by atoms with van der Waals surface area (Å²) in [5, 5.41) is 2.88. The largest absolute Gasteiger partial charge is 0.369 e. The Morgan fingerprint density at radius 1 is 1.04 bits per heavy atom. The van der Waals surface area contributed by atoms with Crippen molar-refractivity contribution in [1.29, 1.82) is 0 Å². The Morgan fingerprint density at radius 3 is 2.37 bits per heavy atom. The van der Waals surface area contributed by atoms with E-state index in [-0.39, 0.29) is 11.7 Å². The van der Waals surface area contributed by atoms with E-state index in [0.29, 0.717) is 51.5 Å². The van der Waals surface area contributed by atoms with E-state index in [4.69, 9.17) is 0 Å². The number of carbonyl (C=O) groups excluding carboxylic acids is 1. The number of carbonyl (C=O) groups is 1. The third-order valence-corrected chi connectivity index (χ3v) is 7.56. The average molecular weight is 394 g/mol. The first-order chi connectivity index (χ1) is 13.0. The minimum atomic E-state index is -3.25. The van der Waals surface area contributed by atoms with E-state index >= 15 is 0 Å². The summed E-state index contributed by atoms with van der Waals surface area (Å²) in [5.74, 6) is 0.688. The molecule has 150 valence electrons. The van der Waals surface area contributed by atoms with Gasteiger partial charge in [0.25, 0.3) is 0 Å². The van der Waals surface area contributed by atoms with Crippen molar-refractivity contribution < 1.29 is 13.2 Å². The second kappa shape index (κ2) is 9.55. The van der Waals surface area contributed by atoms with E-state index in [1.807, 2.05) is 18.2 Å². The maximum atomic E-state index is 12.5. The standard InChI is InChI=1S/C20H31N3O3S/c24-20(17-18-7-4-5-8-18)21-11-6-16-27(25,26)23-14-12-22(13-15-23)19-9-2-1-3-10-19/h1-3,9-10,18H,4-8,11-17H2,(H,21,24). The molecule has 0 atom stereocenters. The van der Waals surface area contributed by atoms with Crippen LogP contribution in [-0.4, -0.2) is 57.1 Å². The molecule has 1 saturated heterocycles. The van der Waals surface area contributed by atoms with Crippen LogP contribution in [0.2, 0.25) is 0 Å². The summed E-state index contributed by atoms with van der Waals surface area (Å²) in [6.07, 6.45) is 5.82. The van der Waals surface area contributed by atoms with Gasteiger partial charge in [0.15, 0.2) is 0 Å². The van der Waals surface area contributed by atoms with Crippen LogP contribution < -0.4 is 10.2 Å². The van der Waals surface area contributed by atoms with Crippen LogP contribution >= 0.6 is 0 Å². The predicted molar refractivity (Wildman–Crippen MR) is 108 cm³/mol. The van der Waals surface area contributed by atoms with E-state index in [9.17, 15) is 13.2 Å². The first kappa shape index (κ1) is 20.1. The number of piperazine rings is 1. The smallest absolute Gasteiger partial charge is 0.220 e. The van der Waals surface area contributed by atoms with E-state index in [2.05, 4.69) is 22.3 Å². The summed E-state index contributed by atoms with van der Waals surface area (Å²) < 4.78 is 26.7. The molecule has 6 nitrogen and oxygen atoms in total. The third-order valence-electron chi connectivity index (χ3n) is 5.60. The van der Waals surface area contributed by atoms with Crippen LogP contribution in [0.15, 0.2) is 30.3 Å². The van der Waals surface area contributed by atoms with E-state index < -0.39 is 10.0 Å². The summed E-state index contributed by atoms with van der Waals surface area (Å²) in [6, 6.07) is 10.1. The Kier molecular flexibility index (Phi) is 7.13. The Hall–Kier alpha value is -1.60. The van der Waals surface area contributed by atoms with Gasteiger partial charge < -0.3 is 10.2 Å². The van der Waals surface area contributed by atoms with Gasteiger partial charge >= 0.3 is 0 Å². The van der Waals surface area contributed by atoms with Crippen LogP contribution in [0.5, 0.6) is 0 Å². The summed E-state index contributed by atoms with van der Waals surface area (Å²) >= 11 is 0. The molecule has 1 aromatic rings. The van der Waals surface area contributed by atoms with Gasteiger partial charge in [-0.3, -0.25) is 4.79 Å². The second-order valence-corrected chi connectivity index (χ2v) is 9.68. The molecule has 1 aromatic carbocycles. The van der Waals surface area contributed by atoms with Crippen molar-refractivity contribution in [3.05, 3.63) is 30.3 Å². The number of rotatable bonds is 8. The van der Waals surface area contributed by atoms with E-state index in [0.717, 1.165) is 18.5 Å². The molecule has 1 aliphatic carbocycles. The Morgan fingerprint density at radius 2 is 1.70 bits per heavy atom. The highest BCUT2D eigenvalue weighted by atomic mass is 32.2. The molecule has 0 unspecified atom stereocenters. The molecule has 2 aliphatic rings. The van der Waals surface area contributed by atoms with Crippen molar-refractivity contribution in [1.82, 2.24) is 9.62 Å². The lowest BCUT2D eigenvalue weighted by atomic mass is 10.0. The number of sulfonamides is 1. The zero-order valence-electron chi connectivity index (χ0n) is 16.0. The molecule has 2 fully saturated rings. The summed E-state index contributed by atoms with van der Waals surface area (Å²) in [7, 11) is -3.25. The quantitative estimate of drug-likeness (QED) is 0.688. The van der Waals surface area contributed by atoms with Gasteiger partial charge in [-0.25, -0.2) is 8.42 Å². The van der Waals surface area contributed by atoms with Gasteiger partial charge in [-0.05, 0) is 37.3 Å². The Labute approximate surface area is 163 Å². The van der Waals surface area contributed by atoms with Crippen LogP contribution in [0.1, 0.15) is 38.5 Å². The lowest BCUT2D eigenvalue weighted by molar-refractivity contribution is -0.121. The Balaban J connectivity index is 1.35. The SMILES string of the molecule is O=C(CC1CCCC1)NCCCS(=O)(=O)N1CCN(c2ccccc2)CC1. The van der Waals surface area contributed by atoms with Crippen molar-refractivity contribution in [2.24, 2.45) is 5.92 Å².